The minimum absolute atomic E-state index is 0.112. The molecule has 2 fully saturated rings. The molecule has 18 heteroatoms. The van der Waals surface area contributed by atoms with E-state index in [0.29, 0.717) is 6.07 Å². The smallest absolute Gasteiger partial charge is 0.387 e. The lowest BCUT2D eigenvalue weighted by Crippen LogP contribution is -2.58. The molecule has 0 radical (unpaired) electrons. The first-order valence-corrected chi connectivity index (χ1v) is 16.5. The van der Waals surface area contributed by atoms with Crippen molar-refractivity contribution in [1.29, 1.82) is 0 Å². The van der Waals surface area contributed by atoms with E-state index in [1.165, 1.54) is 4.90 Å². The van der Waals surface area contributed by atoms with Gasteiger partial charge in [-0.1, -0.05) is 18.2 Å². The first-order valence-electron chi connectivity index (χ1n) is 15.0. The molecule has 0 aromatic heterocycles. The van der Waals surface area contributed by atoms with E-state index in [2.05, 4.69) is 5.32 Å². The number of nitrogens with zero attached hydrogens (tertiary/aromatic N) is 1. The number of hydrogen-bond acceptors (Lipinski definition) is 7. The number of amides is 2. The van der Waals surface area contributed by atoms with Gasteiger partial charge in [0.1, 0.15) is 29.1 Å². The van der Waals surface area contributed by atoms with Gasteiger partial charge in [0.15, 0.2) is 9.84 Å². The lowest BCUT2D eigenvalue weighted by molar-refractivity contribution is -0.348. The van der Waals surface area contributed by atoms with Crippen LogP contribution in [0.5, 0.6) is 0 Å². The molecule has 4 atom stereocenters. The summed E-state index contributed by atoms with van der Waals surface area (Å²) in [6, 6.07) is 3.21. The molecule has 1 aliphatic heterocycles. The lowest BCUT2D eigenvalue weighted by atomic mass is 9.71. The Kier molecular flexibility index (Phi) is 9.19. The molecule has 2 aliphatic carbocycles. The van der Waals surface area contributed by atoms with Crippen molar-refractivity contribution in [3.63, 3.8) is 0 Å². The van der Waals surface area contributed by atoms with Crippen molar-refractivity contribution in [3.05, 3.63) is 65.0 Å². The number of alkyl halides is 7. The van der Waals surface area contributed by atoms with Gasteiger partial charge in [0, 0.05) is 49.4 Å². The van der Waals surface area contributed by atoms with E-state index in [-0.39, 0.29) is 62.8 Å². The van der Waals surface area contributed by atoms with E-state index in [1.54, 1.807) is 0 Å². The van der Waals surface area contributed by atoms with Crippen LogP contribution in [-0.4, -0.2) is 85.3 Å². The molecule has 2 aromatic carbocycles. The Labute approximate surface area is 274 Å². The van der Waals surface area contributed by atoms with Crippen LogP contribution in [0.15, 0.2) is 47.4 Å². The van der Waals surface area contributed by atoms with Crippen LogP contribution in [-0.2, 0) is 41.1 Å². The molecule has 1 unspecified atom stereocenters. The fraction of sp³-hybridized carbons (Fsp3) is 0.516. The average molecular weight is 727 g/mol. The van der Waals surface area contributed by atoms with Crippen molar-refractivity contribution in [2.24, 2.45) is 11.8 Å². The molecule has 2 aromatic rings. The predicted molar refractivity (Wildman–Crippen MR) is 152 cm³/mol. The van der Waals surface area contributed by atoms with Gasteiger partial charge in [0.2, 0.25) is 5.91 Å². The normalized spacial score (nSPS) is 25.7. The van der Waals surface area contributed by atoms with Gasteiger partial charge < -0.3 is 25.2 Å². The Balaban J connectivity index is 1.63. The number of nitrogens with one attached hydrogen (secondary N) is 1. The van der Waals surface area contributed by atoms with Crippen LogP contribution in [0, 0.1) is 17.7 Å². The first kappa shape index (κ1) is 36.6. The molecular weight excluding hydrogens is 696 g/mol. The van der Waals surface area contributed by atoms with Crippen molar-refractivity contribution in [1.82, 2.24) is 10.2 Å². The van der Waals surface area contributed by atoms with Crippen LogP contribution >= 0.6 is 0 Å². The molecule has 3 aliphatic rings. The molecule has 9 nitrogen and oxygen atoms in total. The number of benzene rings is 2. The quantitative estimate of drug-likeness (QED) is 0.226. The number of carbonyl (C=O) groups is 3. The molecule has 1 saturated heterocycles. The van der Waals surface area contributed by atoms with Crippen LogP contribution in [0.4, 0.5) is 35.1 Å². The molecule has 49 heavy (non-hydrogen) atoms. The number of piperidine rings is 1. The second-order valence-corrected chi connectivity index (χ2v) is 14.7. The monoisotopic (exact) mass is 726 g/mol. The number of fused-ring (bicyclic) bond motifs is 3. The van der Waals surface area contributed by atoms with Crippen LogP contribution < -0.4 is 5.32 Å². The minimum Gasteiger partial charge on any atom is -0.387 e. The average Bonchev–Trinajstić information content (AvgIpc) is 3.38. The van der Waals surface area contributed by atoms with Gasteiger partial charge in [0.05, 0.1) is 4.90 Å². The van der Waals surface area contributed by atoms with E-state index in [0.717, 1.165) is 24.3 Å². The Morgan fingerprint density at radius 1 is 0.980 bits per heavy atom. The summed E-state index contributed by atoms with van der Waals surface area (Å²) in [6.07, 6.45) is -14.3. The summed E-state index contributed by atoms with van der Waals surface area (Å²) in [4.78, 5) is 38.7. The Hall–Kier alpha value is -3.64. The number of hydrogen-bond donors (Lipinski definition) is 3. The van der Waals surface area contributed by atoms with E-state index < -0.39 is 103 Å². The number of sulfone groups is 1. The van der Waals surface area contributed by atoms with Crippen LogP contribution in [0.1, 0.15) is 42.4 Å². The van der Waals surface area contributed by atoms with Gasteiger partial charge in [-0.25, -0.2) is 17.2 Å². The summed E-state index contributed by atoms with van der Waals surface area (Å²) < 4.78 is 138. The van der Waals surface area contributed by atoms with Gasteiger partial charge >= 0.3 is 18.0 Å². The molecule has 1 heterocycles. The molecular formula is C31H30F8N2O7S. The highest BCUT2D eigenvalue weighted by Gasteiger charge is 2.74. The third-order valence-corrected chi connectivity index (χ3v) is 12.7. The SMILES string of the molecule is O=CC1C[C@@H](NC(=O)C2(O)CCN(C(=O)CO)CC2)[C@@H]2CCc3cc(C(F)(C(F)(F)F)C(F)(F)F)ccc3[C@@]12S(=O)(=O)c1ccc(F)cc1. The Morgan fingerprint density at radius 3 is 2.10 bits per heavy atom. The molecule has 5 rings (SSSR count). The van der Waals surface area contributed by atoms with Gasteiger partial charge in [-0.3, -0.25) is 9.59 Å². The number of rotatable bonds is 7. The number of likely N-dealkylation sites (tertiary alicyclic amines) is 1. The zero-order valence-corrected chi connectivity index (χ0v) is 26.1. The maximum absolute atomic E-state index is 15.1. The summed E-state index contributed by atoms with van der Waals surface area (Å²) in [5.41, 5.74) is -10.5. The van der Waals surface area contributed by atoms with E-state index in [4.69, 9.17) is 5.11 Å². The van der Waals surface area contributed by atoms with Crippen molar-refractivity contribution >= 4 is 27.9 Å². The highest BCUT2D eigenvalue weighted by atomic mass is 32.2. The summed E-state index contributed by atoms with van der Waals surface area (Å²) in [5.74, 6) is -5.31. The van der Waals surface area contributed by atoms with E-state index in [1.807, 2.05) is 0 Å². The van der Waals surface area contributed by atoms with E-state index in [9.17, 15) is 58.6 Å². The third-order valence-electron chi connectivity index (χ3n) is 10.1. The molecule has 1 saturated carbocycles. The predicted octanol–water partition coefficient (Wildman–Crippen LogP) is 3.40. The Bertz CT molecular complexity index is 1730. The number of aryl methyl sites for hydroxylation is 1. The van der Waals surface area contributed by atoms with Crippen LogP contribution in [0.25, 0.3) is 0 Å². The summed E-state index contributed by atoms with van der Waals surface area (Å²) >= 11 is 0. The van der Waals surface area contributed by atoms with Crippen LogP contribution in [0.3, 0.4) is 0 Å². The van der Waals surface area contributed by atoms with Crippen molar-refractivity contribution in [2.75, 3.05) is 19.7 Å². The highest BCUT2D eigenvalue weighted by Crippen LogP contribution is 2.61. The van der Waals surface area contributed by atoms with Crippen LogP contribution in [0.2, 0.25) is 0 Å². The first-order chi connectivity index (χ1) is 22.7. The number of aliphatic hydroxyl groups excluding tert-OH is 1. The molecule has 0 bridgehead atoms. The fourth-order valence-corrected chi connectivity index (χ4v) is 10.2. The maximum atomic E-state index is 15.1. The number of halogens is 8. The second-order valence-electron chi connectivity index (χ2n) is 12.6. The molecule has 268 valence electrons. The molecule has 0 spiro atoms. The maximum Gasteiger partial charge on any atom is 0.435 e. The number of aldehydes is 1. The highest BCUT2D eigenvalue weighted by molar-refractivity contribution is 7.92. The fourth-order valence-electron chi connectivity index (χ4n) is 7.62. The zero-order valence-electron chi connectivity index (χ0n) is 25.3. The summed E-state index contributed by atoms with van der Waals surface area (Å²) in [5, 5.41) is 22.9. The summed E-state index contributed by atoms with van der Waals surface area (Å²) in [6.45, 7) is -1.02. The molecule has 3 N–H and O–H groups in total. The topological polar surface area (TPSA) is 141 Å². The van der Waals surface area contributed by atoms with Gasteiger partial charge in [-0.2, -0.15) is 26.3 Å². The number of aliphatic hydroxyl groups is 2. The lowest BCUT2D eigenvalue weighted by Gasteiger charge is -2.45. The number of carbonyl (C=O) groups excluding carboxylic acids is 3. The zero-order chi connectivity index (χ0) is 36.4. The van der Waals surface area contributed by atoms with Crippen molar-refractivity contribution in [3.8, 4) is 0 Å². The summed E-state index contributed by atoms with van der Waals surface area (Å²) in [7, 11) is -4.90. The standard InChI is InChI=1S/C31H30F8N2O7S/c32-20-3-5-21(6-4-20)49(47,48)28-19(15-42)14-24(40-26(45)27(46)9-11-41(12-10-27)25(44)16-43)23(28)7-1-17-13-18(2-8-22(17)28)29(33,30(34,35)36)31(37,38)39/h2-6,8,13,15,19,23-24,43,46H,1,7,9-12,14,16H2,(H,40,45)/t19?,23-,24+,28-/m0/s1. The minimum atomic E-state index is -6.45. The van der Waals surface area contributed by atoms with Gasteiger partial charge in [-0.05, 0) is 54.7 Å². The second kappa shape index (κ2) is 12.3. The van der Waals surface area contributed by atoms with Gasteiger partial charge in [-0.15, -0.1) is 0 Å². The van der Waals surface area contributed by atoms with Crippen molar-refractivity contribution < 1.29 is 68.1 Å². The van der Waals surface area contributed by atoms with Gasteiger partial charge in [0.25, 0.3) is 5.91 Å². The van der Waals surface area contributed by atoms with E-state index >= 15 is 4.39 Å². The largest absolute Gasteiger partial charge is 0.435 e. The Morgan fingerprint density at radius 2 is 1.57 bits per heavy atom. The third kappa shape index (κ3) is 5.59. The molecule has 2 amide bonds. The van der Waals surface area contributed by atoms with Crippen molar-refractivity contribution in [2.45, 2.75) is 71.4 Å².